The van der Waals surface area contributed by atoms with E-state index in [1.165, 1.54) is 0 Å². The van der Waals surface area contributed by atoms with E-state index >= 15 is 0 Å². The van der Waals surface area contributed by atoms with E-state index in [1.807, 2.05) is 32.9 Å². The molecular weight excluding hydrogens is 338 g/mol. The van der Waals surface area contributed by atoms with Gasteiger partial charge < -0.3 is 5.11 Å². The highest BCUT2D eigenvalue weighted by Gasteiger charge is 2.20. The zero-order valence-corrected chi connectivity index (χ0v) is 13.8. The molecule has 0 radical (unpaired) electrons. The summed E-state index contributed by atoms with van der Waals surface area (Å²) in [6, 6.07) is 6.33. The molecule has 0 spiro atoms. The van der Waals surface area contributed by atoms with Crippen molar-refractivity contribution in [3.63, 3.8) is 0 Å². The molecule has 2 aromatic carbocycles. The average molecular weight is 355 g/mol. The first-order valence-electron chi connectivity index (χ1n) is 6.69. The third kappa shape index (κ3) is 3.50. The van der Waals surface area contributed by atoms with Crippen LogP contribution in [0.5, 0.6) is 0 Å². The highest BCUT2D eigenvalue weighted by molar-refractivity contribution is 9.10. The first-order valence-corrected chi connectivity index (χ1v) is 7.48. The zero-order valence-electron chi connectivity index (χ0n) is 12.2. The number of aliphatic hydroxyl groups is 1. The maximum Gasteiger partial charge on any atom is 0.133 e. The van der Waals surface area contributed by atoms with Crippen molar-refractivity contribution in [3.05, 3.63) is 68.2 Å². The molecule has 4 heteroatoms. The van der Waals surface area contributed by atoms with E-state index in [9.17, 15) is 13.9 Å². The molecule has 0 fully saturated rings. The Morgan fingerprint density at radius 3 is 1.95 bits per heavy atom. The molecule has 112 valence electrons. The van der Waals surface area contributed by atoms with Crippen molar-refractivity contribution >= 4 is 15.9 Å². The Kier molecular flexibility index (Phi) is 4.79. The summed E-state index contributed by atoms with van der Waals surface area (Å²) in [5.41, 5.74) is 3.81. The first-order chi connectivity index (χ1) is 9.79. The predicted octanol–water partition coefficient (Wildman–Crippen LogP) is 4.93. The topological polar surface area (TPSA) is 20.2 Å². The van der Waals surface area contributed by atoms with Gasteiger partial charge >= 0.3 is 0 Å². The van der Waals surface area contributed by atoms with E-state index in [1.54, 1.807) is 0 Å². The molecule has 21 heavy (non-hydrogen) atoms. The van der Waals surface area contributed by atoms with Crippen LogP contribution in [0, 0.1) is 32.4 Å². The lowest BCUT2D eigenvalue weighted by Crippen LogP contribution is -2.09. The third-order valence-electron chi connectivity index (χ3n) is 3.61. The molecule has 1 nitrogen and oxygen atoms in total. The van der Waals surface area contributed by atoms with E-state index in [0.29, 0.717) is 4.47 Å². The number of aliphatic hydroxyl groups excluding tert-OH is 1. The van der Waals surface area contributed by atoms with E-state index in [4.69, 9.17) is 0 Å². The molecule has 1 unspecified atom stereocenters. The summed E-state index contributed by atoms with van der Waals surface area (Å²) in [6.07, 6.45) is -1.02. The largest absolute Gasteiger partial charge is 0.388 e. The molecule has 0 bridgehead atoms. The molecule has 0 saturated carbocycles. The van der Waals surface area contributed by atoms with Crippen molar-refractivity contribution in [2.75, 3.05) is 0 Å². The van der Waals surface area contributed by atoms with Gasteiger partial charge in [-0.05, 0) is 49.6 Å². The molecule has 0 aliphatic heterocycles. The smallest absolute Gasteiger partial charge is 0.133 e. The Hall–Kier alpha value is -1.26. The molecular formula is C17H17BrF2O. The Bertz CT molecular complexity index is 636. The van der Waals surface area contributed by atoms with Crippen molar-refractivity contribution < 1.29 is 13.9 Å². The Morgan fingerprint density at radius 1 is 1.00 bits per heavy atom. The Balaban J connectivity index is 2.37. The van der Waals surface area contributed by atoms with Crippen molar-refractivity contribution in [2.45, 2.75) is 33.3 Å². The molecule has 0 aliphatic rings. The van der Waals surface area contributed by atoms with Gasteiger partial charge in [0.25, 0.3) is 0 Å². The van der Waals surface area contributed by atoms with Crippen LogP contribution in [0.4, 0.5) is 8.78 Å². The van der Waals surface area contributed by atoms with Crippen LogP contribution in [-0.2, 0) is 6.42 Å². The maximum atomic E-state index is 13.9. The number of hydrogen-bond acceptors (Lipinski definition) is 1. The molecule has 0 saturated heterocycles. The van der Waals surface area contributed by atoms with E-state index in [-0.39, 0.29) is 12.0 Å². The monoisotopic (exact) mass is 354 g/mol. The lowest BCUT2D eigenvalue weighted by molar-refractivity contribution is 0.168. The molecule has 0 heterocycles. The first kappa shape index (κ1) is 16.1. The van der Waals surface area contributed by atoms with Gasteiger partial charge in [-0.25, -0.2) is 8.78 Å². The van der Waals surface area contributed by atoms with Crippen LogP contribution in [0.1, 0.15) is 33.9 Å². The second-order valence-corrected chi connectivity index (χ2v) is 6.30. The van der Waals surface area contributed by atoms with Crippen molar-refractivity contribution in [3.8, 4) is 0 Å². The summed E-state index contributed by atoms with van der Waals surface area (Å²) in [4.78, 5) is 0. The highest BCUT2D eigenvalue weighted by Crippen LogP contribution is 2.29. The number of rotatable bonds is 3. The van der Waals surface area contributed by atoms with Crippen LogP contribution < -0.4 is 0 Å². The fourth-order valence-electron chi connectivity index (χ4n) is 2.70. The maximum absolute atomic E-state index is 13.9. The molecule has 1 N–H and O–H groups in total. The molecule has 0 amide bonds. The number of halogens is 3. The third-order valence-corrected chi connectivity index (χ3v) is 4.07. The lowest BCUT2D eigenvalue weighted by atomic mass is 9.92. The van der Waals surface area contributed by atoms with Gasteiger partial charge in [0, 0.05) is 10.9 Å². The second kappa shape index (κ2) is 6.24. The van der Waals surface area contributed by atoms with E-state index in [0.717, 1.165) is 34.4 Å². The Labute approximate surface area is 131 Å². The minimum absolute atomic E-state index is 0.188. The summed E-state index contributed by atoms with van der Waals surface area (Å²) in [5, 5.41) is 10.2. The summed E-state index contributed by atoms with van der Waals surface area (Å²) in [7, 11) is 0. The minimum atomic E-state index is -1.21. The van der Waals surface area contributed by atoms with Crippen molar-refractivity contribution in [2.24, 2.45) is 0 Å². The second-order valence-electron chi connectivity index (χ2n) is 5.38. The van der Waals surface area contributed by atoms with Gasteiger partial charge in [0.15, 0.2) is 0 Å². The van der Waals surface area contributed by atoms with Crippen LogP contribution in [0.2, 0.25) is 0 Å². The number of benzene rings is 2. The van der Waals surface area contributed by atoms with Crippen LogP contribution in [0.3, 0.4) is 0 Å². The van der Waals surface area contributed by atoms with Crippen molar-refractivity contribution in [1.82, 2.24) is 0 Å². The summed E-state index contributed by atoms with van der Waals surface area (Å²) in [6.45, 7) is 5.88. The molecule has 2 rings (SSSR count). The number of aryl methyl sites for hydroxylation is 3. The lowest BCUT2D eigenvalue weighted by Gasteiger charge is -2.17. The molecule has 0 aromatic heterocycles. The number of hydrogen-bond donors (Lipinski definition) is 1. The van der Waals surface area contributed by atoms with Crippen LogP contribution in [0.15, 0.2) is 28.7 Å². The van der Waals surface area contributed by atoms with Gasteiger partial charge in [0.1, 0.15) is 11.6 Å². The van der Waals surface area contributed by atoms with Gasteiger partial charge in [0.05, 0.1) is 11.7 Å². The molecule has 1 atom stereocenters. The van der Waals surface area contributed by atoms with Crippen LogP contribution in [-0.4, -0.2) is 5.11 Å². The van der Waals surface area contributed by atoms with Gasteiger partial charge in [-0.1, -0.05) is 33.6 Å². The highest BCUT2D eigenvalue weighted by atomic mass is 79.9. The quantitative estimate of drug-likeness (QED) is 0.828. The summed E-state index contributed by atoms with van der Waals surface area (Å²) in [5.74, 6) is -1.48. The van der Waals surface area contributed by atoms with E-state index in [2.05, 4.69) is 15.9 Å². The fraction of sp³-hybridized carbons (Fsp3) is 0.294. The SMILES string of the molecule is Cc1cc(C)c(CC(O)c2c(F)cc(Br)cc2F)c(C)c1. The van der Waals surface area contributed by atoms with E-state index < -0.39 is 17.7 Å². The zero-order chi connectivity index (χ0) is 15.7. The Morgan fingerprint density at radius 2 is 1.48 bits per heavy atom. The summed E-state index contributed by atoms with van der Waals surface area (Å²) < 4.78 is 28.1. The van der Waals surface area contributed by atoms with Crippen LogP contribution in [0.25, 0.3) is 0 Å². The summed E-state index contributed by atoms with van der Waals surface area (Å²) >= 11 is 3.03. The molecule has 0 aliphatic carbocycles. The average Bonchev–Trinajstić information content (AvgIpc) is 2.32. The standard InChI is InChI=1S/C17H17BrF2O/c1-9-4-10(2)13(11(3)5-9)8-16(21)17-14(19)6-12(18)7-15(17)20/h4-7,16,21H,8H2,1-3H3. The van der Waals surface area contributed by atoms with Gasteiger partial charge in [0.2, 0.25) is 0 Å². The molecule has 2 aromatic rings. The van der Waals surface area contributed by atoms with Crippen molar-refractivity contribution in [1.29, 1.82) is 0 Å². The predicted molar refractivity (Wildman–Crippen MR) is 83.4 cm³/mol. The van der Waals surface area contributed by atoms with Gasteiger partial charge in [-0.3, -0.25) is 0 Å². The fourth-order valence-corrected chi connectivity index (χ4v) is 3.10. The van der Waals surface area contributed by atoms with Gasteiger partial charge in [-0.15, -0.1) is 0 Å². The normalized spacial score (nSPS) is 12.5. The minimum Gasteiger partial charge on any atom is -0.388 e. The van der Waals surface area contributed by atoms with Crippen LogP contribution >= 0.6 is 15.9 Å². The van der Waals surface area contributed by atoms with Gasteiger partial charge in [-0.2, -0.15) is 0 Å².